The molecule has 7 nitrogen and oxygen atoms in total. The zero-order chi connectivity index (χ0) is 26.3. The molecule has 36 heavy (non-hydrogen) atoms. The molecule has 0 radical (unpaired) electrons. The predicted molar refractivity (Wildman–Crippen MR) is 139 cm³/mol. The zero-order valence-corrected chi connectivity index (χ0v) is 21.5. The van der Waals surface area contributed by atoms with Gasteiger partial charge >= 0.3 is 12.0 Å². The summed E-state index contributed by atoms with van der Waals surface area (Å²) in [6.45, 7) is 10.1. The molecule has 0 atom stereocenters. The number of rotatable bonds is 5. The van der Waals surface area contributed by atoms with Crippen molar-refractivity contribution in [2.24, 2.45) is 0 Å². The van der Waals surface area contributed by atoms with Crippen molar-refractivity contribution in [3.05, 3.63) is 83.6 Å². The lowest BCUT2D eigenvalue weighted by molar-refractivity contribution is -0.123. The Morgan fingerprint density at radius 2 is 1.69 bits per heavy atom. The van der Waals surface area contributed by atoms with Crippen molar-refractivity contribution in [1.82, 2.24) is 9.88 Å². The Balaban J connectivity index is 1.61. The van der Waals surface area contributed by atoms with E-state index < -0.39 is 11.5 Å². The van der Waals surface area contributed by atoms with Crippen LogP contribution in [0.5, 0.6) is 0 Å². The van der Waals surface area contributed by atoms with Crippen molar-refractivity contribution >= 4 is 23.6 Å². The maximum atomic E-state index is 13.5. The van der Waals surface area contributed by atoms with Gasteiger partial charge in [0.05, 0.1) is 24.1 Å². The summed E-state index contributed by atoms with van der Waals surface area (Å²) >= 11 is 0. The third-order valence-electron chi connectivity index (χ3n) is 6.56. The molecule has 7 heteroatoms. The summed E-state index contributed by atoms with van der Waals surface area (Å²) in [5.74, 6) is -0.692. The quantitative estimate of drug-likeness (QED) is 0.348. The van der Waals surface area contributed by atoms with Gasteiger partial charge in [0, 0.05) is 18.3 Å². The van der Waals surface area contributed by atoms with Crippen LogP contribution in [0.1, 0.15) is 56.1 Å². The van der Waals surface area contributed by atoms with E-state index in [0.717, 1.165) is 16.7 Å². The molecule has 1 aliphatic rings. The van der Waals surface area contributed by atoms with E-state index in [1.54, 1.807) is 43.1 Å². The Bertz CT molecular complexity index is 1320. The highest BCUT2D eigenvalue weighted by molar-refractivity contribution is 6.22. The summed E-state index contributed by atoms with van der Waals surface area (Å²) in [4.78, 5) is 46.0. The first-order chi connectivity index (χ1) is 16.9. The van der Waals surface area contributed by atoms with Crippen molar-refractivity contribution < 1.29 is 19.1 Å². The van der Waals surface area contributed by atoms with Crippen LogP contribution in [0.3, 0.4) is 0 Å². The number of amides is 3. The van der Waals surface area contributed by atoms with Gasteiger partial charge in [0.15, 0.2) is 0 Å². The fourth-order valence-electron chi connectivity index (χ4n) is 4.28. The number of carbonyl (C=O) groups is 3. The second kappa shape index (κ2) is 9.22. The molecule has 3 amide bonds. The Morgan fingerprint density at radius 3 is 2.33 bits per heavy atom. The number of hydrogen-bond donors (Lipinski definition) is 0. The lowest BCUT2D eigenvalue weighted by atomic mass is 9.87. The zero-order valence-electron chi connectivity index (χ0n) is 21.5. The van der Waals surface area contributed by atoms with Crippen LogP contribution in [0.15, 0.2) is 66.9 Å². The van der Waals surface area contributed by atoms with Crippen LogP contribution in [0.25, 0.3) is 11.3 Å². The summed E-state index contributed by atoms with van der Waals surface area (Å²) in [6, 6.07) is 17.9. The molecule has 3 aromatic rings. The first-order valence-corrected chi connectivity index (χ1v) is 11.8. The molecule has 1 saturated heterocycles. The number of pyridine rings is 1. The van der Waals surface area contributed by atoms with Gasteiger partial charge in [0.25, 0.3) is 5.91 Å². The number of ether oxygens (including phenoxy) is 1. The molecule has 186 valence electrons. The van der Waals surface area contributed by atoms with Crippen molar-refractivity contribution in [3.8, 4) is 11.3 Å². The molecule has 0 aliphatic carbocycles. The standard InChI is InChI=1S/C29H31N3O4/c1-28(2,3)22-10-12-23(13-11-22)32-26(34)29(4,5)31(27(32)35)18-19-14-15-30-24(16-19)20-8-7-9-21(17-20)25(33)36-6/h7-17H,18H2,1-6H3. The van der Waals surface area contributed by atoms with E-state index in [-0.39, 0.29) is 23.9 Å². The van der Waals surface area contributed by atoms with E-state index in [9.17, 15) is 14.4 Å². The van der Waals surface area contributed by atoms with Gasteiger partial charge in [-0.05, 0) is 66.8 Å². The third kappa shape index (κ3) is 4.61. The first-order valence-electron chi connectivity index (χ1n) is 11.8. The van der Waals surface area contributed by atoms with Crippen LogP contribution >= 0.6 is 0 Å². The van der Waals surface area contributed by atoms with Crippen LogP contribution in [0, 0.1) is 0 Å². The number of nitrogens with zero attached hydrogens (tertiary/aromatic N) is 3. The smallest absolute Gasteiger partial charge is 0.337 e. The number of hydrogen-bond acceptors (Lipinski definition) is 5. The Hall–Kier alpha value is -4.00. The summed E-state index contributed by atoms with van der Waals surface area (Å²) in [5.41, 5.74) is 3.30. The van der Waals surface area contributed by atoms with E-state index in [4.69, 9.17) is 4.74 Å². The van der Waals surface area contributed by atoms with Gasteiger partial charge in [-0.15, -0.1) is 0 Å². The molecule has 0 spiro atoms. The third-order valence-corrected chi connectivity index (χ3v) is 6.56. The highest BCUT2D eigenvalue weighted by Gasteiger charge is 2.51. The van der Waals surface area contributed by atoms with Crippen LogP contribution in [-0.4, -0.2) is 40.4 Å². The number of benzene rings is 2. The maximum absolute atomic E-state index is 13.5. The molecule has 2 heterocycles. The number of imide groups is 1. The van der Waals surface area contributed by atoms with Gasteiger partial charge in [-0.2, -0.15) is 0 Å². The van der Waals surface area contributed by atoms with Gasteiger partial charge < -0.3 is 9.64 Å². The average molecular weight is 486 g/mol. The first kappa shape index (κ1) is 25.1. The summed E-state index contributed by atoms with van der Waals surface area (Å²) in [7, 11) is 1.34. The number of esters is 1. The largest absolute Gasteiger partial charge is 0.465 e. The SMILES string of the molecule is COC(=O)c1cccc(-c2cc(CN3C(=O)N(c4ccc(C(C)(C)C)cc4)C(=O)C3(C)C)ccn2)c1. The van der Waals surface area contributed by atoms with E-state index in [0.29, 0.717) is 16.9 Å². The van der Waals surface area contributed by atoms with E-state index in [2.05, 4.69) is 25.8 Å². The van der Waals surface area contributed by atoms with Crippen LogP contribution < -0.4 is 4.90 Å². The van der Waals surface area contributed by atoms with Gasteiger partial charge in [-0.1, -0.05) is 45.0 Å². The fourth-order valence-corrected chi connectivity index (χ4v) is 4.28. The second-order valence-corrected chi connectivity index (χ2v) is 10.5. The van der Waals surface area contributed by atoms with Gasteiger partial charge in [0.1, 0.15) is 5.54 Å². The molecule has 0 unspecified atom stereocenters. The minimum absolute atomic E-state index is 0.0295. The van der Waals surface area contributed by atoms with Crippen LogP contribution in [0.2, 0.25) is 0 Å². The normalized spacial score (nSPS) is 15.4. The monoisotopic (exact) mass is 485 g/mol. The van der Waals surface area contributed by atoms with E-state index in [1.807, 2.05) is 42.5 Å². The Labute approximate surface area is 211 Å². The average Bonchev–Trinajstić information content (AvgIpc) is 3.02. The molecule has 0 N–H and O–H groups in total. The number of anilines is 1. The van der Waals surface area contributed by atoms with E-state index in [1.165, 1.54) is 12.0 Å². The molecule has 0 bridgehead atoms. The highest BCUT2D eigenvalue weighted by Crippen LogP contribution is 2.34. The molecular weight excluding hydrogens is 454 g/mol. The lowest BCUT2D eigenvalue weighted by Gasteiger charge is -2.27. The molecule has 4 rings (SSSR count). The Morgan fingerprint density at radius 1 is 1.00 bits per heavy atom. The molecule has 0 saturated carbocycles. The molecule has 1 aromatic heterocycles. The Kier molecular flexibility index (Phi) is 6.43. The van der Waals surface area contributed by atoms with Gasteiger partial charge in [-0.25, -0.2) is 14.5 Å². The molecule has 2 aromatic carbocycles. The highest BCUT2D eigenvalue weighted by atomic mass is 16.5. The van der Waals surface area contributed by atoms with E-state index >= 15 is 0 Å². The minimum Gasteiger partial charge on any atom is -0.465 e. The summed E-state index contributed by atoms with van der Waals surface area (Å²) < 4.78 is 4.81. The second-order valence-electron chi connectivity index (χ2n) is 10.5. The van der Waals surface area contributed by atoms with Crippen molar-refractivity contribution in [1.29, 1.82) is 0 Å². The number of carbonyl (C=O) groups excluding carboxylic acids is 3. The fraction of sp³-hybridized carbons (Fsp3) is 0.310. The number of urea groups is 1. The predicted octanol–water partition coefficient (Wildman–Crippen LogP) is 5.58. The molecule has 1 aliphatic heterocycles. The maximum Gasteiger partial charge on any atom is 0.337 e. The molecule has 1 fully saturated rings. The topological polar surface area (TPSA) is 79.8 Å². The van der Waals surface area contributed by atoms with Crippen molar-refractivity contribution in [2.45, 2.75) is 52.1 Å². The molecular formula is C29H31N3O4. The minimum atomic E-state index is -1.02. The van der Waals surface area contributed by atoms with Crippen molar-refractivity contribution in [3.63, 3.8) is 0 Å². The number of aromatic nitrogens is 1. The summed E-state index contributed by atoms with van der Waals surface area (Å²) in [5, 5.41) is 0. The summed E-state index contributed by atoms with van der Waals surface area (Å²) in [6.07, 6.45) is 1.66. The van der Waals surface area contributed by atoms with Gasteiger partial charge in [0.2, 0.25) is 0 Å². The lowest BCUT2D eigenvalue weighted by Crippen LogP contribution is -2.43. The number of methoxy groups -OCH3 is 1. The van der Waals surface area contributed by atoms with Crippen LogP contribution in [0.4, 0.5) is 10.5 Å². The van der Waals surface area contributed by atoms with Crippen molar-refractivity contribution in [2.75, 3.05) is 12.0 Å². The van der Waals surface area contributed by atoms with Gasteiger partial charge in [-0.3, -0.25) is 9.78 Å². The van der Waals surface area contributed by atoms with Crippen LogP contribution in [-0.2, 0) is 21.5 Å².